The molecule has 20 heavy (non-hydrogen) atoms. The molecule has 1 unspecified atom stereocenters. The van der Waals surface area contributed by atoms with Crippen LogP contribution in [0, 0.1) is 0 Å². The van der Waals surface area contributed by atoms with Crippen LogP contribution in [0.3, 0.4) is 0 Å². The van der Waals surface area contributed by atoms with Gasteiger partial charge in [0.1, 0.15) is 0 Å². The Kier molecular flexibility index (Phi) is 5.05. The van der Waals surface area contributed by atoms with E-state index in [1.54, 1.807) is 19.1 Å². The number of sulfone groups is 1. The molecule has 112 valence electrons. The second-order valence-corrected chi connectivity index (χ2v) is 7.47. The molecule has 4 nitrogen and oxygen atoms in total. The zero-order valence-electron chi connectivity index (χ0n) is 12.0. The van der Waals surface area contributed by atoms with Crippen LogP contribution in [-0.4, -0.2) is 38.5 Å². The molecule has 0 spiro atoms. The summed E-state index contributed by atoms with van der Waals surface area (Å²) in [6.07, 6.45) is 3.83. The Morgan fingerprint density at radius 3 is 2.80 bits per heavy atom. The van der Waals surface area contributed by atoms with Crippen molar-refractivity contribution in [1.29, 1.82) is 0 Å². The van der Waals surface area contributed by atoms with E-state index in [-0.39, 0.29) is 12.4 Å². The average molecular weight is 297 g/mol. The molecule has 0 amide bonds. The predicted octanol–water partition coefficient (Wildman–Crippen LogP) is 2.22. The van der Waals surface area contributed by atoms with Crippen LogP contribution < -0.4 is 4.90 Å². The van der Waals surface area contributed by atoms with Crippen molar-refractivity contribution in [1.82, 2.24) is 0 Å². The number of aliphatic hydroxyl groups is 1. The molecule has 0 aromatic heterocycles. The van der Waals surface area contributed by atoms with Gasteiger partial charge in [0.15, 0.2) is 9.84 Å². The molecule has 2 rings (SSSR count). The maximum absolute atomic E-state index is 12.2. The number of hydrogen-bond acceptors (Lipinski definition) is 4. The molecule has 1 aliphatic rings. The van der Waals surface area contributed by atoms with Gasteiger partial charge in [0, 0.05) is 19.2 Å². The molecule has 0 radical (unpaired) electrons. The molecule has 1 N–H and O–H groups in total. The van der Waals surface area contributed by atoms with Crippen molar-refractivity contribution in [2.75, 3.05) is 23.8 Å². The number of benzene rings is 1. The van der Waals surface area contributed by atoms with Gasteiger partial charge in [-0.1, -0.05) is 19.1 Å². The Morgan fingerprint density at radius 1 is 1.35 bits per heavy atom. The molecular formula is C15H23NO3S. The Labute approximate surface area is 121 Å². The fourth-order valence-electron chi connectivity index (χ4n) is 2.89. The molecule has 0 saturated carbocycles. The monoisotopic (exact) mass is 297 g/mol. The quantitative estimate of drug-likeness (QED) is 0.874. The van der Waals surface area contributed by atoms with Crippen molar-refractivity contribution < 1.29 is 13.5 Å². The van der Waals surface area contributed by atoms with Crippen LogP contribution in [0.5, 0.6) is 0 Å². The van der Waals surface area contributed by atoms with E-state index in [0.29, 0.717) is 10.9 Å². The van der Waals surface area contributed by atoms with E-state index < -0.39 is 9.84 Å². The normalized spacial score (nSPS) is 19.5. The van der Waals surface area contributed by atoms with Crippen molar-refractivity contribution in [2.24, 2.45) is 0 Å². The standard InChI is InChI=1S/C15H23NO3S/c1-2-20(18,19)15-10-4-3-9-14(15)16-11-5-7-13(16)8-6-12-17/h3-4,9-10,13,17H,2,5-8,11-12H2,1H3. The van der Waals surface area contributed by atoms with Crippen LogP contribution in [0.15, 0.2) is 29.2 Å². The molecule has 1 aromatic rings. The summed E-state index contributed by atoms with van der Waals surface area (Å²) in [6, 6.07) is 7.63. The lowest BCUT2D eigenvalue weighted by Crippen LogP contribution is -2.30. The number of hydrogen-bond donors (Lipinski definition) is 1. The molecule has 0 bridgehead atoms. The van der Waals surface area contributed by atoms with E-state index in [0.717, 1.165) is 37.9 Å². The van der Waals surface area contributed by atoms with Crippen molar-refractivity contribution in [3.8, 4) is 0 Å². The minimum absolute atomic E-state index is 0.124. The highest BCUT2D eigenvalue weighted by Crippen LogP contribution is 2.33. The summed E-state index contributed by atoms with van der Waals surface area (Å²) in [7, 11) is -3.20. The fourth-order valence-corrected chi connectivity index (χ4v) is 3.99. The molecule has 1 saturated heterocycles. The molecular weight excluding hydrogens is 274 g/mol. The van der Waals surface area contributed by atoms with Gasteiger partial charge in [-0.3, -0.25) is 0 Å². The second kappa shape index (κ2) is 6.59. The van der Waals surface area contributed by atoms with Crippen LogP contribution in [-0.2, 0) is 9.84 Å². The van der Waals surface area contributed by atoms with E-state index in [4.69, 9.17) is 5.11 Å². The number of rotatable bonds is 6. The first-order valence-corrected chi connectivity index (χ1v) is 8.94. The summed E-state index contributed by atoms with van der Waals surface area (Å²) in [5, 5.41) is 8.99. The lowest BCUT2D eigenvalue weighted by atomic mass is 10.1. The van der Waals surface area contributed by atoms with Crippen molar-refractivity contribution in [3.05, 3.63) is 24.3 Å². The third kappa shape index (κ3) is 3.15. The summed E-state index contributed by atoms with van der Waals surface area (Å²) in [4.78, 5) is 2.65. The minimum atomic E-state index is -3.20. The Hall–Kier alpha value is -1.07. The van der Waals surface area contributed by atoms with E-state index in [2.05, 4.69) is 4.90 Å². The van der Waals surface area contributed by atoms with Crippen LogP contribution in [0.1, 0.15) is 32.6 Å². The first kappa shape index (κ1) is 15.3. The van der Waals surface area contributed by atoms with Gasteiger partial charge in [0.25, 0.3) is 0 Å². The molecule has 1 atom stereocenters. The van der Waals surface area contributed by atoms with Gasteiger partial charge in [-0.15, -0.1) is 0 Å². The highest BCUT2D eigenvalue weighted by Gasteiger charge is 2.28. The Balaban J connectivity index is 2.33. The third-order valence-electron chi connectivity index (χ3n) is 3.96. The number of nitrogens with zero attached hydrogens (tertiary/aromatic N) is 1. The number of aliphatic hydroxyl groups excluding tert-OH is 1. The fraction of sp³-hybridized carbons (Fsp3) is 0.600. The number of anilines is 1. The molecule has 0 aliphatic carbocycles. The van der Waals surface area contributed by atoms with E-state index in [1.807, 2.05) is 12.1 Å². The minimum Gasteiger partial charge on any atom is -0.396 e. The lowest BCUT2D eigenvalue weighted by Gasteiger charge is -2.28. The third-order valence-corrected chi connectivity index (χ3v) is 5.74. The van der Waals surface area contributed by atoms with Gasteiger partial charge in [-0.05, 0) is 37.8 Å². The lowest BCUT2D eigenvalue weighted by molar-refractivity contribution is 0.279. The first-order chi connectivity index (χ1) is 9.60. The van der Waals surface area contributed by atoms with Gasteiger partial charge in [-0.25, -0.2) is 8.42 Å². The van der Waals surface area contributed by atoms with Crippen LogP contribution >= 0.6 is 0 Å². The van der Waals surface area contributed by atoms with Gasteiger partial charge in [0.05, 0.1) is 16.3 Å². The highest BCUT2D eigenvalue weighted by molar-refractivity contribution is 7.91. The van der Waals surface area contributed by atoms with Gasteiger partial charge in [-0.2, -0.15) is 0 Å². The maximum atomic E-state index is 12.2. The Morgan fingerprint density at radius 2 is 2.10 bits per heavy atom. The maximum Gasteiger partial charge on any atom is 0.180 e. The van der Waals surface area contributed by atoms with Crippen LogP contribution in [0.25, 0.3) is 0 Å². The molecule has 1 aromatic carbocycles. The molecule has 5 heteroatoms. The summed E-state index contributed by atoms with van der Waals surface area (Å²) in [6.45, 7) is 2.77. The van der Waals surface area contributed by atoms with Gasteiger partial charge in [0.2, 0.25) is 0 Å². The van der Waals surface area contributed by atoms with Gasteiger partial charge >= 0.3 is 0 Å². The summed E-state index contributed by atoms with van der Waals surface area (Å²) in [5.74, 6) is 0.124. The summed E-state index contributed by atoms with van der Waals surface area (Å²) < 4.78 is 24.5. The average Bonchev–Trinajstić information content (AvgIpc) is 2.93. The van der Waals surface area contributed by atoms with E-state index in [1.165, 1.54) is 0 Å². The molecule has 1 heterocycles. The van der Waals surface area contributed by atoms with Crippen molar-refractivity contribution >= 4 is 15.5 Å². The highest BCUT2D eigenvalue weighted by atomic mass is 32.2. The van der Waals surface area contributed by atoms with Crippen molar-refractivity contribution in [3.63, 3.8) is 0 Å². The largest absolute Gasteiger partial charge is 0.396 e. The van der Waals surface area contributed by atoms with Gasteiger partial charge < -0.3 is 10.0 Å². The second-order valence-electron chi connectivity index (χ2n) is 5.23. The number of para-hydroxylation sites is 1. The SMILES string of the molecule is CCS(=O)(=O)c1ccccc1N1CCCC1CCCO. The topological polar surface area (TPSA) is 57.6 Å². The summed E-state index contributed by atoms with van der Waals surface area (Å²) >= 11 is 0. The van der Waals surface area contributed by atoms with E-state index in [9.17, 15) is 8.42 Å². The summed E-state index contributed by atoms with van der Waals surface area (Å²) in [5.41, 5.74) is 0.829. The van der Waals surface area contributed by atoms with Crippen LogP contribution in [0.4, 0.5) is 5.69 Å². The Bertz CT molecular complexity index is 542. The predicted molar refractivity (Wildman–Crippen MR) is 80.9 cm³/mol. The zero-order valence-corrected chi connectivity index (χ0v) is 12.8. The molecule has 1 fully saturated rings. The molecule has 1 aliphatic heterocycles. The zero-order chi connectivity index (χ0) is 14.6. The van der Waals surface area contributed by atoms with Crippen LogP contribution in [0.2, 0.25) is 0 Å². The van der Waals surface area contributed by atoms with E-state index >= 15 is 0 Å². The smallest absolute Gasteiger partial charge is 0.180 e. The van der Waals surface area contributed by atoms with Crippen molar-refractivity contribution in [2.45, 2.75) is 43.5 Å². The first-order valence-electron chi connectivity index (χ1n) is 7.29.